The molecule has 4 nitrogen and oxygen atoms in total. The number of benzene rings is 1. The van der Waals surface area contributed by atoms with Gasteiger partial charge in [-0.25, -0.2) is 0 Å². The summed E-state index contributed by atoms with van der Waals surface area (Å²) in [6.45, 7) is 0.705. The average Bonchev–Trinajstić information content (AvgIpc) is 3.17. The molecule has 2 heterocycles. The molecule has 0 unspecified atom stereocenters. The lowest BCUT2D eigenvalue weighted by Gasteiger charge is -2.19. The minimum atomic E-state index is -0.201. The Balaban J connectivity index is 1.75. The van der Waals surface area contributed by atoms with E-state index in [-0.39, 0.29) is 11.8 Å². The predicted octanol–water partition coefficient (Wildman–Crippen LogP) is 3.53. The number of amides is 2. The minimum Gasteiger partial charge on any atom is -0.321 e. The fourth-order valence-electron chi connectivity index (χ4n) is 2.44. The van der Waals surface area contributed by atoms with Crippen LogP contribution in [0.25, 0.3) is 6.08 Å². The highest BCUT2D eigenvalue weighted by atomic mass is 32.1. The van der Waals surface area contributed by atoms with Crippen LogP contribution in [0.15, 0.2) is 47.9 Å². The van der Waals surface area contributed by atoms with Crippen LogP contribution >= 0.6 is 11.3 Å². The Hall–Kier alpha value is -2.40. The van der Waals surface area contributed by atoms with Gasteiger partial charge in [0, 0.05) is 23.9 Å². The summed E-state index contributed by atoms with van der Waals surface area (Å²) in [6.07, 6.45) is 4.72. The molecule has 2 amide bonds. The highest BCUT2D eigenvalue weighted by Crippen LogP contribution is 2.29. The summed E-state index contributed by atoms with van der Waals surface area (Å²) in [7, 11) is 0. The van der Waals surface area contributed by atoms with Crippen molar-refractivity contribution in [3.63, 3.8) is 0 Å². The van der Waals surface area contributed by atoms with Crippen molar-refractivity contribution in [1.82, 2.24) is 0 Å². The zero-order valence-electron chi connectivity index (χ0n) is 12.0. The number of nitrogens with one attached hydrogen (secondary N) is 1. The lowest BCUT2D eigenvalue weighted by molar-refractivity contribution is -0.117. The van der Waals surface area contributed by atoms with Crippen molar-refractivity contribution in [2.24, 2.45) is 0 Å². The summed E-state index contributed by atoms with van der Waals surface area (Å²) in [5, 5.41) is 4.82. The Morgan fingerprint density at radius 3 is 2.82 bits per heavy atom. The van der Waals surface area contributed by atoms with Gasteiger partial charge < -0.3 is 10.2 Å². The quantitative estimate of drug-likeness (QED) is 0.878. The van der Waals surface area contributed by atoms with E-state index in [9.17, 15) is 9.59 Å². The van der Waals surface area contributed by atoms with Crippen molar-refractivity contribution in [3.05, 3.63) is 52.7 Å². The second-order valence-electron chi connectivity index (χ2n) is 5.00. The number of nitrogens with zero attached hydrogens (tertiary/aromatic N) is 1. The molecule has 0 bridgehead atoms. The van der Waals surface area contributed by atoms with Gasteiger partial charge in [-0.15, -0.1) is 11.3 Å². The SMILES string of the molecule is O=C(/C=C/c1cccs1)Nc1ccccc1N1CCCC1=O. The van der Waals surface area contributed by atoms with E-state index in [1.165, 1.54) is 6.08 Å². The van der Waals surface area contributed by atoms with E-state index in [4.69, 9.17) is 0 Å². The van der Waals surface area contributed by atoms with Crippen molar-refractivity contribution < 1.29 is 9.59 Å². The maximum absolute atomic E-state index is 12.1. The first-order valence-corrected chi connectivity index (χ1v) is 8.04. The molecule has 0 atom stereocenters. The third kappa shape index (κ3) is 3.26. The van der Waals surface area contributed by atoms with E-state index in [0.29, 0.717) is 18.7 Å². The molecule has 0 saturated carbocycles. The van der Waals surface area contributed by atoms with Gasteiger partial charge in [0.2, 0.25) is 11.8 Å². The van der Waals surface area contributed by atoms with Gasteiger partial charge in [0.25, 0.3) is 0 Å². The van der Waals surface area contributed by atoms with Crippen molar-refractivity contribution in [3.8, 4) is 0 Å². The topological polar surface area (TPSA) is 49.4 Å². The van der Waals surface area contributed by atoms with Crippen molar-refractivity contribution in [1.29, 1.82) is 0 Å². The Morgan fingerprint density at radius 1 is 1.23 bits per heavy atom. The Labute approximate surface area is 133 Å². The summed E-state index contributed by atoms with van der Waals surface area (Å²) < 4.78 is 0. The summed E-state index contributed by atoms with van der Waals surface area (Å²) >= 11 is 1.58. The van der Waals surface area contributed by atoms with Gasteiger partial charge in [0.1, 0.15) is 0 Å². The molecule has 112 valence electrons. The lowest BCUT2D eigenvalue weighted by Crippen LogP contribution is -2.25. The monoisotopic (exact) mass is 312 g/mol. The van der Waals surface area contributed by atoms with Crippen LogP contribution in [0.1, 0.15) is 17.7 Å². The maximum atomic E-state index is 12.1. The summed E-state index contributed by atoms with van der Waals surface area (Å²) in [5.74, 6) is -0.0941. The molecule has 2 aromatic rings. The van der Waals surface area contributed by atoms with Gasteiger partial charge in [-0.3, -0.25) is 9.59 Å². The standard InChI is InChI=1S/C17H16N2O2S/c20-16(10-9-13-5-4-12-22-13)18-14-6-1-2-7-15(14)19-11-3-8-17(19)21/h1-2,4-7,9-10,12H,3,8,11H2,(H,18,20)/b10-9+. The first kappa shape index (κ1) is 14.5. The zero-order chi connectivity index (χ0) is 15.4. The first-order valence-electron chi connectivity index (χ1n) is 7.16. The minimum absolute atomic E-state index is 0.107. The fraction of sp³-hybridized carbons (Fsp3) is 0.176. The number of hydrogen-bond donors (Lipinski definition) is 1. The molecule has 1 fully saturated rings. The predicted molar refractivity (Wildman–Crippen MR) is 90.0 cm³/mol. The summed E-state index contributed by atoms with van der Waals surface area (Å²) in [5.41, 5.74) is 1.43. The second kappa shape index (κ2) is 6.58. The maximum Gasteiger partial charge on any atom is 0.248 e. The summed E-state index contributed by atoms with van der Waals surface area (Å²) in [4.78, 5) is 26.7. The number of para-hydroxylation sites is 2. The van der Waals surface area contributed by atoms with E-state index >= 15 is 0 Å². The Morgan fingerprint density at radius 2 is 2.09 bits per heavy atom. The number of carbonyl (C=O) groups excluding carboxylic acids is 2. The first-order chi connectivity index (χ1) is 10.7. The molecule has 5 heteroatoms. The molecular formula is C17H16N2O2S. The molecule has 1 aliphatic heterocycles. The van der Waals surface area contributed by atoms with Crippen LogP contribution in [0.5, 0.6) is 0 Å². The largest absolute Gasteiger partial charge is 0.321 e. The second-order valence-corrected chi connectivity index (χ2v) is 5.98. The summed E-state index contributed by atoms with van der Waals surface area (Å²) in [6, 6.07) is 11.3. The van der Waals surface area contributed by atoms with E-state index < -0.39 is 0 Å². The molecule has 1 aliphatic rings. The number of anilines is 2. The number of hydrogen-bond acceptors (Lipinski definition) is 3. The van der Waals surface area contributed by atoms with Gasteiger partial charge in [-0.2, -0.15) is 0 Å². The molecule has 0 radical (unpaired) electrons. The van der Waals surface area contributed by atoms with Crippen LogP contribution in [-0.2, 0) is 9.59 Å². The number of carbonyl (C=O) groups is 2. The molecule has 1 saturated heterocycles. The Kier molecular flexibility index (Phi) is 4.34. The van der Waals surface area contributed by atoms with Crippen LogP contribution in [-0.4, -0.2) is 18.4 Å². The van der Waals surface area contributed by atoms with Crippen molar-refractivity contribution in [2.75, 3.05) is 16.8 Å². The molecular weight excluding hydrogens is 296 g/mol. The van der Waals surface area contributed by atoms with Crippen LogP contribution in [0, 0.1) is 0 Å². The average molecular weight is 312 g/mol. The number of thiophene rings is 1. The number of rotatable bonds is 4. The van der Waals surface area contributed by atoms with Gasteiger partial charge in [0.05, 0.1) is 11.4 Å². The van der Waals surface area contributed by atoms with Crippen molar-refractivity contribution >= 4 is 40.6 Å². The van der Waals surface area contributed by atoms with Crippen LogP contribution < -0.4 is 10.2 Å². The van der Waals surface area contributed by atoms with Crippen LogP contribution in [0.4, 0.5) is 11.4 Å². The third-order valence-electron chi connectivity index (χ3n) is 3.47. The highest BCUT2D eigenvalue weighted by Gasteiger charge is 2.23. The normalized spacial score (nSPS) is 14.7. The van der Waals surface area contributed by atoms with Crippen LogP contribution in [0.2, 0.25) is 0 Å². The molecule has 0 aliphatic carbocycles. The molecule has 0 spiro atoms. The van der Waals surface area contributed by atoms with E-state index in [2.05, 4.69) is 5.32 Å². The highest BCUT2D eigenvalue weighted by molar-refractivity contribution is 7.10. The molecule has 3 rings (SSSR count). The van der Waals surface area contributed by atoms with Crippen molar-refractivity contribution in [2.45, 2.75) is 12.8 Å². The van der Waals surface area contributed by atoms with Crippen LogP contribution in [0.3, 0.4) is 0 Å². The van der Waals surface area contributed by atoms with Gasteiger partial charge in [-0.05, 0) is 36.1 Å². The fourth-order valence-corrected chi connectivity index (χ4v) is 3.05. The van der Waals surface area contributed by atoms with Gasteiger partial charge in [-0.1, -0.05) is 18.2 Å². The lowest BCUT2D eigenvalue weighted by atomic mass is 10.2. The van der Waals surface area contributed by atoms with E-state index in [1.807, 2.05) is 41.8 Å². The van der Waals surface area contributed by atoms with Gasteiger partial charge in [0.15, 0.2) is 0 Å². The molecule has 1 aromatic heterocycles. The van der Waals surface area contributed by atoms with Gasteiger partial charge >= 0.3 is 0 Å². The molecule has 22 heavy (non-hydrogen) atoms. The Bertz CT molecular complexity index is 707. The van der Waals surface area contributed by atoms with E-state index in [0.717, 1.165) is 17.0 Å². The van der Waals surface area contributed by atoms with E-state index in [1.54, 1.807) is 22.3 Å². The molecule has 1 N–H and O–H groups in total. The molecule has 1 aromatic carbocycles. The zero-order valence-corrected chi connectivity index (χ0v) is 12.8. The smallest absolute Gasteiger partial charge is 0.248 e. The third-order valence-corrected chi connectivity index (χ3v) is 4.31.